The van der Waals surface area contributed by atoms with E-state index >= 15 is 0 Å². The van der Waals surface area contributed by atoms with Gasteiger partial charge in [-0.25, -0.2) is 17.9 Å². The van der Waals surface area contributed by atoms with Crippen molar-refractivity contribution in [2.24, 2.45) is 0 Å². The molecule has 2 heterocycles. The minimum Gasteiger partial charge on any atom is -0.408 e. The van der Waals surface area contributed by atoms with Crippen molar-refractivity contribution in [1.82, 2.24) is 14.3 Å². The molecule has 3 aromatic rings. The van der Waals surface area contributed by atoms with Crippen molar-refractivity contribution in [3.63, 3.8) is 0 Å². The van der Waals surface area contributed by atoms with Gasteiger partial charge in [-0.3, -0.25) is 9.55 Å². The number of pyridine rings is 1. The highest BCUT2D eigenvalue weighted by Crippen LogP contribution is 2.27. The quantitative estimate of drug-likeness (QED) is 0.745. The summed E-state index contributed by atoms with van der Waals surface area (Å²) in [6.45, 7) is 2.25. The first-order chi connectivity index (χ1) is 11.4. The van der Waals surface area contributed by atoms with Gasteiger partial charge in [-0.2, -0.15) is 0 Å². The molecule has 0 radical (unpaired) electrons. The van der Waals surface area contributed by atoms with Crippen LogP contribution in [-0.2, 0) is 23.1 Å². The molecule has 9 heteroatoms. The highest BCUT2D eigenvalue weighted by atomic mass is 35.5. The smallest absolute Gasteiger partial charge is 0.408 e. The van der Waals surface area contributed by atoms with Crippen LogP contribution in [-0.4, -0.2) is 18.0 Å². The number of fused-ring (bicyclic) bond motifs is 1. The molecule has 24 heavy (non-hydrogen) atoms. The zero-order valence-electron chi connectivity index (χ0n) is 12.7. The van der Waals surface area contributed by atoms with Gasteiger partial charge in [0.05, 0.1) is 10.5 Å². The van der Waals surface area contributed by atoms with Crippen LogP contribution in [0.4, 0.5) is 0 Å². The summed E-state index contributed by atoms with van der Waals surface area (Å²) in [4.78, 5) is 15.5. The lowest BCUT2D eigenvalue weighted by Gasteiger charge is -2.08. The Morgan fingerprint density at radius 3 is 2.83 bits per heavy atom. The fourth-order valence-electron chi connectivity index (χ4n) is 2.33. The second kappa shape index (κ2) is 6.39. The Balaban J connectivity index is 1.98. The molecule has 0 atom stereocenters. The Labute approximate surface area is 142 Å². The van der Waals surface area contributed by atoms with E-state index in [-0.39, 0.29) is 22.0 Å². The molecule has 0 saturated carbocycles. The van der Waals surface area contributed by atoms with Gasteiger partial charge in [0.15, 0.2) is 5.58 Å². The number of oxazole rings is 1. The van der Waals surface area contributed by atoms with Gasteiger partial charge in [0, 0.05) is 31.5 Å². The van der Waals surface area contributed by atoms with E-state index in [1.54, 1.807) is 31.5 Å². The maximum atomic E-state index is 12.5. The monoisotopic (exact) mass is 367 g/mol. The van der Waals surface area contributed by atoms with Crippen molar-refractivity contribution in [3.8, 4) is 0 Å². The summed E-state index contributed by atoms with van der Waals surface area (Å²) >= 11 is 6.12. The Morgan fingerprint density at radius 1 is 1.38 bits per heavy atom. The number of aryl methyl sites for hydroxylation is 1. The second-order valence-corrected chi connectivity index (χ2v) is 7.19. The lowest BCUT2D eigenvalue weighted by molar-refractivity contribution is 0.512. The molecule has 0 aliphatic rings. The van der Waals surface area contributed by atoms with Gasteiger partial charge in [0.2, 0.25) is 10.0 Å². The normalized spacial score (nSPS) is 11.9. The summed E-state index contributed by atoms with van der Waals surface area (Å²) < 4.78 is 33.9. The number of benzene rings is 1. The van der Waals surface area contributed by atoms with Crippen molar-refractivity contribution < 1.29 is 12.8 Å². The number of nitrogens with zero attached hydrogens (tertiary/aromatic N) is 2. The van der Waals surface area contributed by atoms with E-state index in [0.29, 0.717) is 17.6 Å². The lowest BCUT2D eigenvalue weighted by atomic mass is 10.3. The van der Waals surface area contributed by atoms with Crippen molar-refractivity contribution in [2.45, 2.75) is 24.9 Å². The molecule has 0 amide bonds. The molecule has 0 aliphatic carbocycles. The third-order valence-electron chi connectivity index (χ3n) is 3.52. The van der Waals surface area contributed by atoms with Gasteiger partial charge in [-0.15, -0.1) is 0 Å². The molecular formula is C15H14ClN3O4S. The zero-order chi connectivity index (χ0) is 17.3. The topological polar surface area (TPSA) is 94.2 Å². The summed E-state index contributed by atoms with van der Waals surface area (Å²) in [5.41, 5.74) is 1.34. The molecule has 3 rings (SSSR count). The van der Waals surface area contributed by atoms with E-state index in [1.165, 1.54) is 16.7 Å². The van der Waals surface area contributed by atoms with Crippen molar-refractivity contribution >= 4 is 32.7 Å². The molecule has 126 valence electrons. The van der Waals surface area contributed by atoms with Crippen LogP contribution in [0.15, 0.2) is 50.8 Å². The van der Waals surface area contributed by atoms with E-state index < -0.39 is 15.8 Å². The molecule has 1 N–H and O–H groups in total. The van der Waals surface area contributed by atoms with Crippen LogP contribution in [0.25, 0.3) is 11.1 Å². The first-order valence-corrected chi connectivity index (χ1v) is 9.00. The number of hydrogen-bond acceptors (Lipinski definition) is 5. The lowest BCUT2D eigenvalue weighted by Crippen LogP contribution is -2.23. The number of aromatic nitrogens is 2. The SMILES string of the molecule is CCn1c(=O)oc2cc(S(=O)(=O)NCc3cccnc3)c(Cl)cc21. The highest BCUT2D eigenvalue weighted by Gasteiger charge is 2.21. The van der Waals surface area contributed by atoms with E-state index in [4.69, 9.17) is 16.0 Å². The zero-order valence-corrected chi connectivity index (χ0v) is 14.3. The van der Waals surface area contributed by atoms with Crippen LogP contribution in [0.1, 0.15) is 12.5 Å². The fourth-order valence-corrected chi connectivity index (χ4v) is 3.88. The number of rotatable bonds is 5. The van der Waals surface area contributed by atoms with E-state index in [9.17, 15) is 13.2 Å². The molecule has 0 spiro atoms. The summed E-state index contributed by atoms with van der Waals surface area (Å²) in [7, 11) is -3.87. The summed E-state index contributed by atoms with van der Waals surface area (Å²) in [5.74, 6) is -0.554. The molecule has 0 saturated heterocycles. The summed E-state index contributed by atoms with van der Waals surface area (Å²) in [5, 5.41) is 0.0178. The Kier molecular flexibility index (Phi) is 4.44. The third kappa shape index (κ3) is 3.08. The third-order valence-corrected chi connectivity index (χ3v) is 5.38. The largest absolute Gasteiger partial charge is 0.419 e. The number of nitrogens with one attached hydrogen (secondary N) is 1. The molecule has 2 aromatic heterocycles. The van der Waals surface area contributed by atoms with Crippen LogP contribution in [0.2, 0.25) is 5.02 Å². The predicted octanol–water partition coefficient (Wildman–Crippen LogP) is 2.14. The Bertz CT molecular complexity index is 1040. The van der Waals surface area contributed by atoms with Crippen LogP contribution >= 0.6 is 11.6 Å². The molecular weight excluding hydrogens is 354 g/mol. The van der Waals surface area contributed by atoms with Crippen LogP contribution in [0, 0.1) is 0 Å². The van der Waals surface area contributed by atoms with Crippen LogP contribution < -0.4 is 10.5 Å². The van der Waals surface area contributed by atoms with Crippen LogP contribution in [0.5, 0.6) is 0 Å². The van der Waals surface area contributed by atoms with E-state index in [0.717, 1.165) is 0 Å². The molecule has 0 fully saturated rings. The number of sulfonamides is 1. The predicted molar refractivity (Wildman–Crippen MR) is 89.4 cm³/mol. The highest BCUT2D eigenvalue weighted by molar-refractivity contribution is 7.89. The van der Waals surface area contributed by atoms with Gasteiger partial charge in [0.25, 0.3) is 0 Å². The Morgan fingerprint density at radius 2 is 2.17 bits per heavy atom. The van der Waals surface area contributed by atoms with Crippen molar-refractivity contribution in [2.75, 3.05) is 0 Å². The van der Waals surface area contributed by atoms with Gasteiger partial charge in [-0.05, 0) is 24.6 Å². The molecule has 0 unspecified atom stereocenters. The van der Waals surface area contributed by atoms with Gasteiger partial charge in [-0.1, -0.05) is 17.7 Å². The molecule has 7 nitrogen and oxygen atoms in total. The standard InChI is InChI=1S/C15H14ClN3O4S/c1-2-19-12-6-11(16)14(7-13(12)23-15(19)20)24(21,22)18-9-10-4-3-5-17-8-10/h3-8,18H,2,9H2,1H3. The maximum absolute atomic E-state index is 12.5. The van der Waals surface area contributed by atoms with E-state index in [1.807, 2.05) is 0 Å². The Hall–Kier alpha value is -2.16. The fraction of sp³-hybridized carbons (Fsp3) is 0.200. The molecule has 0 bridgehead atoms. The average molecular weight is 368 g/mol. The first kappa shape index (κ1) is 16.7. The maximum Gasteiger partial charge on any atom is 0.419 e. The second-order valence-electron chi connectivity index (χ2n) is 5.05. The average Bonchev–Trinajstić information content (AvgIpc) is 2.87. The summed E-state index contributed by atoms with van der Waals surface area (Å²) in [6.07, 6.45) is 3.16. The van der Waals surface area contributed by atoms with Crippen LogP contribution in [0.3, 0.4) is 0 Å². The van der Waals surface area contributed by atoms with E-state index in [2.05, 4.69) is 9.71 Å². The number of halogens is 1. The van der Waals surface area contributed by atoms with Crippen molar-refractivity contribution in [1.29, 1.82) is 0 Å². The van der Waals surface area contributed by atoms with Gasteiger partial charge >= 0.3 is 5.76 Å². The van der Waals surface area contributed by atoms with Gasteiger partial charge in [0.1, 0.15) is 4.90 Å². The molecule has 1 aromatic carbocycles. The van der Waals surface area contributed by atoms with Gasteiger partial charge < -0.3 is 4.42 Å². The minimum atomic E-state index is -3.87. The summed E-state index contributed by atoms with van der Waals surface area (Å²) in [6, 6.07) is 6.15. The first-order valence-electron chi connectivity index (χ1n) is 7.14. The number of hydrogen-bond donors (Lipinski definition) is 1. The molecule has 0 aliphatic heterocycles. The van der Waals surface area contributed by atoms with Crippen molar-refractivity contribution in [3.05, 3.63) is 57.8 Å². The minimum absolute atomic E-state index is 0.0178.